The second kappa shape index (κ2) is 11.1. The molecule has 8 nitrogen and oxygen atoms in total. The molecule has 3 rings (SSSR count). The quantitative estimate of drug-likeness (QED) is 0.163. The molecular weight excluding hydrogens is 490 g/mol. The summed E-state index contributed by atoms with van der Waals surface area (Å²) in [7, 11) is 0. The van der Waals surface area contributed by atoms with Gasteiger partial charge in [-0.1, -0.05) is 65.8 Å². The standard InChI is InChI=1S/C22H26BrN7OS/c1-4-14(2)16-7-11-19(12-8-16)25-20(31)13-32-22-29-28-21(30(22)24)27-26-15(3)17-5-9-18(23)10-6-17/h5-12,14H,4,13,24H2,1-3H3,(H,25,31)(H,27,28)/b26-15+. The van der Waals surface area contributed by atoms with E-state index in [0.29, 0.717) is 11.1 Å². The van der Waals surface area contributed by atoms with Crippen LogP contribution in [0.3, 0.4) is 0 Å². The molecule has 4 N–H and O–H groups in total. The average molecular weight is 516 g/mol. The highest BCUT2D eigenvalue weighted by Gasteiger charge is 2.13. The number of carbonyl (C=O) groups excluding carboxylic acids is 1. The van der Waals surface area contributed by atoms with Gasteiger partial charge in [-0.25, -0.2) is 10.1 Å². The Balaban J connectivity index is 1.53. The van der Waals surface area contributed by atoms with Gasteiger partial charge >= 0.3 is 0 Å². The molecule has 0 aliphatic heterocycles. The monoisotopic (exact) mass is 515 g/mol. The summed E-state index contributed by atoms with van der Waals surface area (Å²) < 4.78 is 2.27. The molecule has 0 saturated carbocycles. The first-order chi connectivity index (χ1) is 15.4. The lowest BCUT2D eigenvalue weighted by molar-refractivity contribution is -0.113. The zero-order chi connectivity index (χ0) is 23.1. The number of aromatic nitrogens is 3. The highest BCUT2D eigenvalue weighted by Crippen LogP contribution is 2.21. The summed E-state index contributed by atoms with van der Waals surface area (Å²) in [5, 5.41) is 15.6. The summed E-state index contributed by atoms with van der Waals surface area (Å²) in [6.45, 7) is 6.22. The van der Waals surface area contributed by atoms with Crippen molar-refractivity contribution in [1.82, 2.24) is 14.9 Å². The number of nitrogen functional groups attached to an aromatic ring is 1. The molecule has 3 aromatic rings. The largest absolute Gasteiger partial charge is 0.334 e. The van der Waals surface area contributed by atoms with Gasteiger partial charge in [0.2, 0.25) is 11.1 Å². The number of hydrazone groups is 1. The third-order valence-corrected chi connectivity index (χ3v) is 6.43. The Morgan fingerprint density at radius 3 is 2.53 bits per heavy atom. The minimum absolute atomic E-state index is 0.145. The van der Waals surface area contributed by atoms with E-state index in [1.165, 1.54) is 22.0 Å². The van der Waals surface area contributed by atoms with E-state index < -0.39 is 0 Å². The van der Waals surface area contributed by atoms with Gasteiger partial charge in [0.15, 0.2) is 0 Å². The Morgan fingerprint density at radius 1 is 1.19 bits per heavy atom. The number of thioether (sulfide) groups is 1. The molecule has 0 bridgehead atoms. The van der Waals surface area contributed by atoms with E-state index in [1.807, 2.05) is 55.5 Å². The molecule has 0 fully saturated rings. The fraction of sp³-hybridized carbons (Fsp3) is 0.273. The van der Waals surface area contributed by atoms with Crippen molar-refractivity contribution < 1.29 is 4.79 Å². The molecule has 0 aliphatic rings. The highest BCUT2D eigenvalue weighted by molar-refractivity contribution is 9.10. The topological polar surface area (TPSA) is 110 Å². The van der Waals surface area contributed by atoms with Crippen molar-refractivity contribution in [1.29, 1.82) is 0 Å². The van der Waals surface area contributed by atoms with Gasteiger partial charge in [-0.05, 0) is 54.7 Å². The van der Waals surface area contributed by atoms with Gasteiger partial charge in [0, 0.05) is 10.2 Å². The van der Waals surface area contributed by atoms with Crippen molar-refractivity contribution in [2.75, 3.05) is 22.3 Å². The molecule has 168 valence electrons. The fourth-order valence-electron chi connectivity index (χ4n) is 2.80. The maximum Gasteiger partial charge on any atom is 0.264 e. The van der Waals surface area contributed by atoms with E-state index in [1.54, 1.807) is 0 Å². The number of halogens is 1. The minimum Gasteiger partial charge on any atom is -0.334 e. The number of nitrogens with zero attached hydrogens (tertiary/aromatic N) is 4. The highest BCUT2D eigenvalue weighted by atomic mass is 79.9. The van der Waals surface area contributed by atoms with Gasteiger partial charge in [0.25, 0.3) is 5.95 Å². The molecule has 1 atom stereocenters. The second-order valence-corrected chi connectivity index (χ2v) is 9.12. The van der Waals surface area contributed by atoms with E-state index in [2.05, 4.69) is 55.8 Å². The molecule has 10 heteroatoms. The summed E-state index contributed by atoms with van der Waals surface area (Å²) in [6, 6.07) is 15.7. The number of rotatable bonds is 9. The van der Waals surface area contributed by atoms with Gasteiger partial charge in [-0.3, -0.25) is 4.79 Å². The number of nitrogens with two attached hydrogens (primary N) is 1. The number of carbonyl (C=O) groups is 1. The SMILES string of the molecule is CCC(C)c1ccc(NC(=O)CSc2nnc(N/N=C(\C)c3ccc(Br)cc3)n2N)cc1. The van der Waals surface area contributed by atoms with Crippen LogP contribution < -0.4 is 16.6 Å². The molecule has 0 radical (unpaired) electrons. The first-order valence-corrected chi connectivity index (χ1v) is 11.9. The molecule has 0 spiro atoms. The average Bonchev–Trinajstić information content (AvgIpc) is 3.15. The van der Waals surface area contributed by atoms with E-state index in [-0.39, 0.29) is 17.6 Å². The zero-order valence-electron chi connectivity index (χ0n) is 18.2. The molecule has 0 saturated heterocycles. The lowest BCUT2D eigenvalue weighted by Gasteiger charge is -2.10. The fourth-order valence-corrected chi connectivity index (χ4v) is 3.72. The van der Waals surface area contributed by atoms with Crippen LogP contribution in [0.4, 0.5) is 11.6 Å². The Morgan fingerprint density at radius 2 is 1.88 bits per heavy atom. The Kier molecular flexibility index (Phi) is 8.29. The van der Waals surface area contributed by atoms with Crippen molar-refractivity contribution in [3.05, 3.63) is 64.1 Å². The van der Waals surface area contributed by atoms with Crippen molar-refractivity contribution in [2.45, 2.75) is 38.3 Å². The van der Waals surface area contributed by atoms with Crippen LogP contribution in [0.5, 0.6) is 0 Å². The van der Waals surface area contributed by atoms with Crippen LogP contribution in [0.1, 0.15) is 44.2 Å². The van der Waals surface area contributed by atoms with Crippen LogP contribution in [0.25, 0.3) is 0 Å². The van der Waals surface area contributed by atoms with Crippen LogP contribution in [-0.4, -0.2) is 32.2 Å². The third kappa shape index (κ3) is 6.33. The van der Waals surface area contributed by atoms with Gasteiger partial charge in [0.05, 0.1) is 11.5 Å². The van der Waals surface area contributed by atoms with Crippen LogP contribution in [0.15, 0.2) is 63.3 Å². The maximum absolute atomic E-state index is 12.3. The Bertz CT molecular complexity index is 1080. The molecule has 32 heavy (non-hydrogen) atoms. The minimum atomic E-state index is -0.145. The summed E-state index contributed by atoms with van der Waals surface area (Å²) >= 11 is 4.61. The lowest BCUT2D eigenvalue weighted by Crippen LogP contribution is -2.17. The van der Waals surface area contributed by atoms with E-state index in [4.69, 9.17) is 5.84 Å². The van der Waals surface area contributed by atoms with Crippen molar-refractivity contribution in [3.63, 3.8) is 0 Å². The number of anilines is 2. The number of hydrogen-bond donors (Lipinski definition) is 3. The predicted octanol–water partition coefficient (Wildman–Crippen LogP) is 4.83. The molecule has 0 aliphatic carbocycles. The lowest BCUT2D eigenvalue weighted by atomic mass is 9.99. The molecule has 1 unspecified atom stereocenters. The normalized spacial score (nSPS) is 12.4. The van der Waals surface area contributed by atoms with Crippen LogP contribution in [-0.2, 0) is 4.79 Å². The Labute approximate surface area is 200 Å². The van der Waals surface area contributed by atoms with E-state index in [0.717, 1.165) is 27.9 Å². The van der Waals surface area contributed by atoms with Gasteiger partial charge in [0.1, 0.15) is 0 Å². The molecular formula is C22H26BrN7OS. The molecule has 1 heterocycles. The van der Waals surface area contributed by atoms with Crippen LogP contribution in [0.2, 0.25) is 0 Å². The number of hydrogen-bond acceptors (Lipinski definition) is 7. The first kappa shape index (κ1) is 23.8. The maximum atomic E-state index is 12.3. The molecule has 2 aromatic carbocycles. The number of benzene rings is 2. The Hall–Kier alpha value is -2.85. The van der Waals surface area contributed by atoms with Crippen molar-refractivity contribution >= 4 is 50.9 Å². The summed E-state index contributed by atoms with van der Waals surface area (Å²) in [5.41, 5.74) is 6.58. The summed E-state index contributed by atoms with van der Waals surface area (Å²) in [4.78, 5) is 12.3. The number of nitrogens with one attached hydrogen (secondary N) is 2. The zero-order valence-corrected chi connectivity index (χ0v) is 20.6. The smallest absolute Gasteiger partial charge is 0.264 e. The molecule has 1 amide bonds. The van der Waals surface area contributed by atoms with E-state index >= 15 is 0 Å². The third-order valence-electron chi connectivity index (χ3n) is 4.96. The van der Waals surface area contributed by atoms with Crippen molar-refractivity contribution in [2.24, 2.45) is 5.10 Å². The van der Waals surface area contributed by atoms with Gasteiger partial charge in [-0.15, -0.1) is 10.2 Å². The molecule has 1 aromatic heterocycles. The van der Waals surface area contributed by atoms with Crippen LogP contribution >= 0.6 is 27.7 Å². The van der Waals surface area contributed by atoms with E-state index in [9.17, 15) is 4.79 Å². The van der Waals surface area contributed by atoms with Gasteiger partial charge in [-0.2, -0.15) is 5.10 Å². The summed E-state index contributed by atoms with van der Waals surface area (Å²) in [6.07, 6.45) is 1.08. The van der Waals surface area contributed by atoms with Gasteiger partial charge < -0.3 is 11.2 Å². The second-order valence-electron chi connectivity index (χ2n) is 7.26. The van der Waals surface area contributed by atoms with Crippen LogP contribution in [0, 0.1) is 0 Å². The van der Waals surface area contributed by atoms with Crippen molar-refractivity contribution in [3.8, 4) is 0 Å². The number of amides is 1. The summed E-state index contributed by atoms with van der Waals surface area (Å²) in [5.74, 6) is 6.84. The predicted molar refractivity (Wildman–Crippen MR) is 135 cm³/mol. The first-order valence-electron chi connectivity index (χ1n) is 10.2.